The third kappa shape index (κ3) is 3.22. The average molecular weight is 245 g/mol. The van der Waals surface area contributed by atoms with Gasteiger partial charge < -0.3 is 15.7 Å². The summed E-state index contributed by atoms with van der Waals surface area (Å²) in [6.45, 7) is 0.570. The van der Waals surface area contributed by atoms with Gasteiger partial charge in [-0.05, 0) is 37.0 Å². The van der Waals surface area contributed by atoms with E-state index in [0.717, 1.165) is 12.8 Å². The number of urea groups is 1. The number of hydrogen-bond donors (Lipinski definition) is 3. The van der Waals surface area contributed by atoms with Gasteiger partial charge in [-0.25, -0.2) is 4.79 Å². The summed E-state index contributed by atoms with van der Waals surface area (Å²) in [5.74, 6) is 0.371. The van der Waals surface area contributed by atoms with E-state index in [-0.39, 0.29) is 12.1 Å². The molecule has 0 bridgehead atoms. The molecule has 1 aliphatic rings. The van der Waals surface area contributed by atoms with Crippen LogP contribution in [0.2, 0.25) is 0 Å². The summed E-state index contributed by atoms with van der Waals surface area (Å²) in [4.78, 5) is 11.6. The van der Waals surface area contributed by atoms with Crippen LogP contribution < -0.4 is 10.6 Å². The molecule has 18 heavy (non-hydrogen) atoms. The molecule has 2 amide bonds. The highest BCUT2D eigenvalue weighted by atomic mass is 16.3. The van der Waals surface area contributed by atoms with Crippen LogP contribution >= 0.6 is 0 Å². The Morgan fingerprint density at radius 2 is 2.28 bits per heavy atom. The highest BCUT2D eigenvalue weighted by Gasteiger charge is 2.27. The number of carbonyl (C=O) groups is 1. The Balaban J connectivity index is 1.78. The zero-order valence-electron chi connectivity index (χ0n) is 9.89. The van der Waals surface area contributed by atoms with Crippen LogP contribution in [0.4, 0.5) is 10.5 Å². The summed E-state index contributed by atoms with van der Waals surface area (Å²) in [6.07, 6.45) is 1.31. The Kier molecular flexibility index (Phi) is 3.80. The third-order valence-corrected chi connectivity index (χ3v) is 3.01. The Labute approximate surface area is 105 Å². The zero-order valence-corrected chi connectivity index (χ0v) is 9.89. The topological polar surface area (TPSA) is 85.2 Å². The Bertz CT molecular complexity index is 475. The standard InChI is InChI=1S/C13H15N3O2/c14-7-9-2-1-3-11(4-9)16-13(18)15-8-10-5-12(17)6-10/h1-4,10,12,17H,5-6,8H2,(H2,15,16,18). The number of nitriles is 1. The molecule has 1 aliphatic carbocycles. The largest absolute Gasteiger partial charge is 0.393 e. The SMILES string of the molecule is N#Cc1cccc(NC(=O)NCC2CC(O)C2)c1. The van der Waals surface area contributed by atoms with Crippen LogP contribution in [0.5, 0.6) is 0 Å². The monoisotopic (exact) mass is 245 g/mol. The normalized spacial score (nSPS) is 21.6. The number of carbonyl (C=O) groups excluding carboxylic acids is 1. The summed E-state index contributed by atoms with van der Waals surface area (Å²) in [5, 5.41) is 23.3. The van der Waals surface area contributed by atoms with Crippen molar-refractivity contribution in [3.63, 3.8) is 0 Å². The quantitative estimate of drug-likeness (QED) is 0.753. The van der Waals surface area contributed by atoms with Gasteiger partial charge in [0.1, 0.15) is 0 Å². The minimum atomic E-state index is -0.286. The van der Waals surface area contributed by atoms with E-state index in [0.29, 0.717) is 23.7 Å². The van der Waals surface area contributed by atoms with Crippen LogP contribution in [-0.2, 0) is 0 Å². The smallest absolute Gasteiger partial charge is 0.319 e. The minimum Gasteiger partial charge on any atom is -0.393 e. The van der Waals surface area contributed by atoms with Crippen LogP contribution in [0.15, 0.2) is 24.3 Å². The minimum absolute atomic E-state index is 0.202. The summed E-state index contributed by atoms with van der Waals surface area (Å²) in [5.41, 5.74) is 1.11. The van der Waals surface area contributed by atoms with Crippen molar-refractivity contribution in [3.8, 4) is 6.07 Å². The number of rotatable bonds is 3. The molecule has 5 heteroatoms. The predicted molar refractivity (Wildman–Crippen MR) is 66.9 cm³/mol. The maximum Gasteiger partial charge on any atom is 0.319 e. The number of nitrogens with one attached hydrogen (secondary N) is 2. The first-order chi connectivity index (χ1) is 8.67. The summed E-state index contributed by atoms with van der Waals surface area (Å²) in [7, 11) is 0. The molecule has 1 aromatic carbocycles. The van der Waals surface area contributed by atoms with Crippen molar-refractivity contribution < 1.29 is 9.90 Å². The number of aliphatic hydroxyl groups is 1. The molecule has 0 radical (unpaired) electrons. The lowest BCUT2D eigenvalue weighted by Gasteiger charge is -2.31. The molecular formula is C13H15N3O2. The lowest BCUT2D eigenvalue weighted by molar-refractivity contribution is 0.0443. The number of aliphatic hydroxyl groups excluding tert-OH is 1. The second-order valence-corrected chi connectivity index (χ2v) is 4.52. The van der Waals surface area contributed by atoms with Crippen molar-refractivity contribution in [2.45, 2.75) is 18.9 Å². The van der Waals surface area contributed by atoms with Gasteiger partial charge in [0, 0.05) is 12.2 Å². The van der Waals surface area contributed by atoms with Gasteiger partial charge in [-0.3, -0.25) is 0 Å². The fourth-order valence-electron chi connectivity index (χ4n) is 1.95. The van der Waals surface area contributed by atoms with E-state index in [1.54, 1.807) is 24.3 Å². The highest BCUT2D eigenvalue weighted by Crippen LogP contribution is 2.26. The third-order valence-electron chi connectivity index (χ3n) is 3.01. The van der Waals surface area contributed by atoms with Gasteiger partial charge in [0.2, 0.25) is 0 Å². The molecule has 1 saturated carbocycles. The van der Waals surface area contributed by atoms with Crippen molar-refractivity contribution in [2.75, 3.05) is 11.9 Å². The van der Waals surface area contributed by atoms with Crippen molar-refractivity contribution in [2.24, 2.45) is 5.92 Å². The van der Waals surface area contributed by atoms with E-state index >= 15 is 0 Å². The van der Waals surface area contributed by atoms with Gasteiger partial charge in [0.25, 0.3) is 0 Å². The fraction of sp³-hybridized carbons (Fsp3) is 0.385. The van der Waals surface area contributed by atoms with Gasteiger partial charge in [-0.15, -0.1) is 0 Å². The Morgan fingerprint density at radius 1 is 1.50 bits per heavy atom. The lowest BCUT2D eigenvalue weighted by atomic mass is 9.82. The Morgan fingerprint density at radius 3 is 2.94 bits per heavy atom. The van der Waals surface area contributed by atoms with E-state index in [4.69, 9.17) is 10.4 Å². The molecule has 1 aromatic rings. The summed E-state index contributed by atoms with van der Waals surface area (Å²) >= 11 is 0. The first-order valence-electron chi connectivity index (χ1n) is 5.90. The van der Waals surface area contributed by atoms with Crippen LogP contribution in [0.25, 0.3) is 0 Å². The number of amides is 2. The predicted octanol–water partition coefficient (Wildman–Crippen LogP) is 1.45. The first kappa shape index (κ1) is 12.4. The highest BCUT2D eigenvalue weighted by molar-refractivity contribution is 5.89. The summed E-state index contributed by atoms with van der Waals surface area (Å²) in [6, 6.07) is 8.47. The van der Waals surface area contributed by atoms with Crippen LogP contribution in [-0.4, -0.2) is 23.8 Å². The molecule has 0 atom stereocenters. The molecule has 0 aliphatic heterocycles. The molecular weight excluding hydrogens is 230 g/mol. The molecule has 0 saturated heterocycles. The molecule has 0 heterocycles. The van der Waals surface area contributed by atoms with E-state index in [1.807, 2.05) is 6.07 Å². The van der Waals surface area contributed by atoms with E-state index in [2.05, 4.69) is 10.6 Å². The number of nitrogens with zero attached hydrogens (tertiary/aromatic N) is 1. The number of hydrogen-bond acceptors (Lipinski definition) is 3. The maximum atomic E-state index is 11.6. The van der Waals surface area contributed by atoms with E-state index < -0.39 is 0 Å². The number of anilines is 1. The van der Waals surface area contributed by atoms with E-state index in [9.17, 15) is 4.79 Å². The molecule has 1 fully saturated rings. The average Bonchev–Trinajstić information content (AvgIpc) is 2.33. The number of benzene rings is 1. The van der Waals surface area contributed by atoms with Gasteiger partial charge in [0.15, 0.2) is 0 Å². The van der Waals surface area contributed by atoms with Crippen LogP contribution in [0.3, 0.4) is 0 Å². The summed E-state index contributed by atoms with van der Waals surface area (Å²) < 4.78 is 0. The van der Waals surface area contributed by atoms with E-state index in [1.165, 1.54) is 0 Å². The second kappa shape index (κ2) is 5.52. The molecule has 0 spiro atoms. The molecule has 5 nitrogen and oxygen atoms in total. The molecule has 3 N–H and O–H groups in total. The second-order valence-electron chi connectivity index (χ2n) is 4.52. The van der Waals surface area contributed by atoms with Crippen molar-refractivity contribution in [1.82, 2.24) is 5.32 Å². The fourth-order valence-corrected chi connectivity index (χ4v) is 1.95. The lowest BCUT2D eigenvalue weighted by Crippen LogP contribution is -2.40. The van der Waals surface area contributed by atoms with Gasteiger partial charge in [0.05, 0.1) is 17.7 Å². The Hall–Kier alpha value is -2.06. The van der Waals surface area contributed by atoms with Crippen molar-refractivity contribution in [1.29, 1.82) is 5.26 Å². The van der Waals surface area contributed by atoms with Crippen molar-refractivity contribution >= 4 is 11.7 Å². The van der Waals surface area contributed by atoms with Crippen LogP contribution in [0.1, 0.15) is 18.4 Å². The molecule has 0 aromatic heterocycles. The van der Waals surface area contributed by atoms with Crippen molar-refractivity contribution in [3.05, 3.63) is 29.8 Å². The van der Waals surface area contributed by atoms with Crippen LogP contribution in [0, 0.1) is 17.2 Å². The van der Waals surface area contributed by atoms with Gasteiger partial charge >= 0.3 is 6.03 Å². The molecule has 0 unspecified atom stereocenters. The molecule has 94 valence electrons. The molecule has 2 rings (SSSR count). The zero-order chi connectivity index (χ0) is 13.0. The van der Waals surface area contributed by atoms with Gasteiger partial charge in [-0.2, -0.15) is 5.26 Å². The maximum absolute atomic E-state index is 11.6. The van der Waals surface area contributed by atoms with Gasteiger partial charge in [-0.1, -0.05) is 6.07 Å². The first-order valence-corrected chi connectivity index (χ1v) is 5.90.